The Morgan fingerprint density at radius 1 is 0.667 bits per heavy atom. The fourth-order valence-corrected chi connectivity index (χ4v) is 2.83. The zero-order valence-corrected chi connectivity index (χ0v) is 11.3. The quantitative estimate of drug-likeness (QED) is 0.541. The Hall–Kier alpha value is -2.87. The Kier molecular flexibility index (Phi) is 2.61. The third-order valence-corrected chi connectivity index (χ3v) is 3.82. The molecule has 2 nitrogen and oxygen atoms in total. The number of phenolic OH excluding ortho intramolecular Hbond substituents is 1. The molecule has 1 aromatic heterocycles. The van der Waals surface area contributed by atoms with Gasteiger partial charge in [0.2, 0.25) is 0 Å². The van der Waals surface area contributed by atoms with Crippen LogP contribution in [0.15, 0.2) is 72.9 Å². The zero-order chi connectivity index (χ0) is 14.2. The number of aromatic nitrogens is 1. The molecule has 0 amide bonds. The highest BCUT2D eigenvalue weighted by Crippen LogP contribution is 2.38. The molecule has 0 fully saturated rings. The van der Waals surface area contributed by atoms with Gasteiger partial charge in [0, 0.05) is 11.6 Å². The Morgan fingerprint density at radius 2 is 1.33 bits per heavy atom. The maximum Gasteiger partial charge on any atom is 0.125 e. The summed E-state index contributed by atoms with van der Waals surface area (Å²) >= 11 is 0. The maximum atomic E-state index is 10.4. The van der Waals surface area contributed by atoms with E-state index in [-0.39, 0.29) is 5.75 Å². The molecule has 0 radical (unpaired) electrons. The third kappa shape index (κ3) is 1.84. The molecule has 4 rings (SSSR count). The van der Waals surface area contributed by atoms with Crippen molar-refractivity contribution in [1.29, 1.82) is 0 Å². The summed E-state index contributed by atoms with van der Waals surface area (Å²) < 4.78 is 0. The van der Waals surface area contributed by atoms with E-state index in [0.717, 1.165) is 32.8 Å². The predicted octanol–water partition coefficient (Wildman–Crippen LogP) is 4.76. The number of aromatic hydroxyl groups is 1. The maximum absolute atomic E-state index is 10.4. The molecule has 0 unspecified atom stereocenters. The van der Waals surface area contributed by atoms with Gasteiger partial charge in [0.25, 0.3) is 0 Å². The molecular weight excluding hydrogens is 258 g/mol. The second-order valence-electron chi connectivity index (χ2n) is 5.06. The van der Waals surface area contributed by atoms with E-state index in [2.05, 4.69) is 11.1 Å². The lowest BCUT2D eigenvalue weighted by Crippen LogP contribution is -1.88. The molecule has 100 valence electrons. The van der Waals surface area contributed by atoms with Crippen molar-refractivity contribution < 1.29 is 5.11 Å². The fraction of sp³-hybridized carbons (Fsp3) is 0. The monoisotopic (exact) mass is 271 g/mol. The summed E-state index contributed by atoms with van der Waals surface area (Å²) in [6, 6.07) is 21.8. The molecule has 0 saturated heterocycles. The number of nitrogens with zero attached hydrogens (tertiary/aromatic N) is 1. The number of benzene rings is 3. The van der Waals surface area contributed by atoms with Gasteiger partial charge in [-0.2, -0.15) is 0 Å². The molecule has 1 N–H and O–H groups in total. The largest absolute Gasteiger partial charge is 0.507 e. The molecule has 0 saturated carbocycles. The van der Waals surface area contributed by atoms with Crippen LogP contribution in [0.5, 0.6) is 5.75 Å². The summed E-state index contributed by atoms with van der Waals surface area (Å²) in [5.41, 5.74) is 1.62. The zero-order valence-electron chi connectivity index (χ0n) is 11.3. The third-order valence-electron chi connectivity index (χ3n) is 3.82. The second kappa shape index (κ2) is 4.60. The van der Waals surface area contributed by atoms with Gasteiger partial charge in [-0.25, -0.2) is 0 Å². The molecule has 21 heavy (non-hydrogen) atoms. The van der Waals surface area contributed by atoms with Crippen molar-refractivity contribution in [3.05, 3.63) is 72.9 Å². The van der Waals surface area contributed by atoms with Gasteiger partial charge in [-0.15, -0.1) is 0 Å². The van der Waals surface area contributed by atoms with Gasteiger partial charge in [-0.3, -0.25) is 4.98 Å². The summed E-state index contributed by atoms with van der Waals surface area (Å²) in [5.74, 6) is 0.262. The first-order valence-corrected chi connectivity index (χ1v) is 6.89. The Bertz CT molecular complexity index is 954. The van der Waals surface area contributed by atoms with Gasteiger partial charge in [-0.05, 0) is 28.3 Å². The summed E-state index contributed by atoms with van der Waals surface area (Å²) in [6.45, 7) is 0. The lowest BCUT2D eigenvalue weighted by Gasteiger charge is -2.11. The first kappa shape index (κ1) is 11.9. The van der Waals surface area contributed by atoms with Crippen molar-refractivity contribution >= 4 is 21.5 Å². The van der Waals surface area contributed by atoms with Crippen LogP contribution in [0, 0.1) is 0 Å². The Morgan fingerprint density at radius 3 is 2.14 bits per heavy atom. The van der Waals surface area contributed by atoms with Gasteiger partial charge in [0.1, 0.15) is 5.75 Å². The topological polar surface area (TPSA) is 33.1 Å². The number of hydrogen-bond donors (Lipinski definition) is 1. The summed E-state index contributed by atoms with van der Waals surface area (Å²) in [4.78, 5) is 4.53. The summed E-state index contributed by atoms with van der Waals surface area (Å²) in [5, 5.41) is 14.7. The normalized spacial score (nSPS) is 11.0. The molecule has 3 aromatic carbocycles. The number of pyridine rings is 1. The summed E-state index contributed by atoms with van der Waals surface area (Å²) in [6.07, 6.45) is 1.79. The predicted molar refractivity (Wildman–Crippen MR) is 86.3 cm³/mol. The summed E-state index contributed by atoms with van der Waals surface area (Å²) in [7, 11) is 0. The lowest BCUT2D eigenvalue weighted by molar-refractivity contribution is 0.478. The van der Waals surface area contributed by atoms with Gasteiger partial charge in [0.05, 0.1) is 11.3 Å². The van der Waals surface area contributed by atoms with Crippen LogP contribution >= 0.6 is 0 Å². The van der Waals surface area contributed by atoms with E-state index in [9.17, 15) is 5.11 Å². The molecule has 2 heteroatoms. The van der Waals surface area contributed by atoms with Crippen LogP contribution in [0.25, 0.3) is 32.8 Å². The lowest BCUT2D eigenvalue weighted by atomic mass is 9.97. The average Bonchev–Trinajstić information content (AvgIpc) is 2.54. The van der Waals surface area contributed by atoms with Crippen molar-refractivity contribution in [2.75, 3.05) is 0 Å². The van der Waals surface area contributed by atoms with Crippen molar-refractivity contribution in [3.8, 4) is 17.0 Å². The van der Waals surface area contributed by atoms with Gasteiger partial charge >= 0.3 is 0 Å². The van der Waals surface area contributed by atoms with Crippen LogP contribution in [-0.4, -0.2) is 10.1 Å². The standard InChI is InChI=1S/C19H13NO/c21-17-10-9-13-5-1-3-7-15(13)18(17)19-16-8-4-2-6-14(16)11-12-20-19/h1-12,21H. The van der Waals surface area contributed by atoms with E-state index in [1.165, 1.54) is 0 Å². The minimum atomic E-state index is 0.262. The van der Waals surface area contributed by atoms with E-state index >= 15 is 0 Å². The number of hydrogen-bond acceptors (Lipinski definition) is 2. The van der Waals surface area contributed by atoms with Crippen molar-refractivity contribution in [3.63, 3.8) is 0 Å². The number of fused-ring (bicyclic) bond motifs is 2. The molecule has 0 aliphatic heterocycles. The minimum absolute atomic E-state index is 0.262. The number of phenols is 1. The first-order chi connectivity index (χ1) is 10.3. The Balaban J connectivity index is 2.16. The van der Waals surface area contributed by atoms with E-state index in [4.69, 9.17) is 0 Å². The molecule has 0 bridgehead atoms. The van der Waals surface area contributed by atoms with Crippen LogP contribution in [-0.2, 0) is 0 Å². The van der Waals surface area contributed by atoms with E-state index in [0.29, 0.717) is 0 Å². The van der Waals surface area contributed by atoms with Crippen LogP contribution in [0.1, 0.15) is 0 Å². The van der Waals surface area contributed by atoms with Crippen molar-refractivity contribution in [1.82, 2.24) is 4.98 Å². The van der Waals surface area contributed by atoms with Crippen molar-refractivity contribution in [2.24, 2.45) is 0 Å². The fourth-order valence-electron chi connectivity index (χ4n) is 2.83. The van der Waals surface area contributed by atoms with Crippen molar-refractivity contribution in [2.45, 2.75) is 0 Å². The van der Waals surface area contributed by atoms with Crippen LogP contribution in [0.4, 0.5) is 0 Å². The molecule has 0 spiro atoms. The second-order valence-corrected chi connectivity index (χ2v) is 5.06. The van der Waals surface area contributed by atoms with E-state index < -0.39 is 0 Å². The Labute approximate surface area is 122 Å². The highest BCUT2D eigenvalue weighted by molar-refractivity contribution is 6.05. The van der Waals surface area contributed by atoms with Crippen LogP contribution in [0.2, 0.25) is 0 Å². The van der Waals surface area contributed by atoms with E-state index in [1.807, 2.05) is 54.6 Å². The van der Waals surface area contributed by atoms with Gasteiger partial charge in [0.15, 0.2) is 0 Å². The SMILES string of the molecule is Oc1ccc2ccccc2c1-c1nccc2ccccc12. The molecule has 0 aliphatic rings. The first-order valence-electron chi connectivity index (χ1n) is 6.89. The smallest absolute Gasteiger partial charge is 0.125 e. The molecule has 0 atom stereocenters. The van der Waals surface area contributed by atoms with Crippen LogP contribution in [0.3, 0.4) is 0 Å². The van der Waals surface area contributed by atoms with Gasteiger partial charge < -0.3 is 5.11 Å². The highest BCUT2D eigenvalue weighted by atomic mass is 16.3. The van der Waals surface area contributed by atoms with Crippen LogP contribution < -0.4 is 0 Å². The van der Waals surface area contributed by atoms with Gasteiger partial charge in [-0.1, -0.05) is 54.6 Å². The number of rotatable bonds is 1. The molecule has 0 aliphatic carbocycles. The molecule has 4 aromatic rings. The minimum Gasteiger partial charge on any atom is -0.507 e. The highest BCUT2D eigenvalue weighted by Gasteiger charge is 2.13. The average molecular weight is 271 g/mol. The molecular formula is C19H13NO. The molecule has 1 heterocycles. The van der Waals surface area contributed by atoms with E-state index in [1.54, 1.807) is 12.3 Å².